The fourth-order valence-corrected chi connectivity index (χ4v) is 6.98. The number of nitrogens with one attached hydrogen (secondary N) is 4. The number of phenolic OH excluding ortho intramolecular Hbond substituents is 1. The molecule has 0 spiro atoms. The molecular formula is C27H39FN6O3S. The van der Waals surface area contributed by atoms with Crippen molar-refractivity contribution in [2.75, 3.05) is 25.9 Å². The van der Waals surface area contributed by atoms with Crippen molar-refractivity contribution in [2.24, 2.45) is 5.92 Å². The fourth-order valence-electron chi connectivity index (χ4n) is 6.30. The molecule has 38 heavy (non-hydrogen) atoms. The minimum Gasteiger partial charge on any atom is -0.508 e. The Morgan fingerprint density at radius 1 is 1.26 bits per heavy atom. The Kier molecular flexibility index (Phi) is 7.93. The van der Waals surface area contributed by atoms with E-state index >= 15 is 4.39 Å². The first-order valence-corrected chi connectivity index (χ1v) is 15.2. The molecule has 0 bridgehead atoms. The summed E-state index contributed by atoms with van der Waals surface area (Å²) >= 11 is 0. The monoisotopic (exact) mass is 546 g/mol. The lowest BCUT2D eigenvalue weighted by atomic mass is 9.71. The summed E-state index contributed by atoms with van der Waals surface area (Å²) in [6.07, 6.45) is 6.15. The smallest absolute Gasteiger partial charge is 0.212 e. The molecule has 1 saturated heterocycles. The van der Waals surface area contributed by atoms with Crippen molar-refractivity contribution in [1.29, 1.82) is 0 Å². The van der Waals surface area contributed by atoms with E-state index in [9.17, 15) is 13.5 Å². The molecule has 6 atom stereocenters. The highest BCUT2D eigenvalue weighted by Gasteiger charge is 2.48. The first kappa shape index (κ1) is 27.3. The van der Waals surface area contributed by atoms with Crippen LogP contribution in [0.2, 0.25) is 0 Å². The van der Waals surface area contributed by atoms with Crippen molar-refractivity contribution >= 4 is 15.6 Å². The van der Waals surface area contributed by atoms with Crippen LogP contribution >= 0.6 is 0 Å². The van der Waals surface area contributed by atoms with E-state index in [4.69, 9.17) is 0 Å². The number of sulfonamides is 1. The summed E-state index contributed by atoms with van der Waals surface area (Å²) in [6.45, 7) is 5.24. The zero-order valence-electron chi connectivity index (χ0n) is 22.2. The third-order valence-electron chi connectivity index (χ3n) is 8.64. The fraction of sp³-hybridized carbons (Fsp3) is 0.593. The molecule has 0 radical (unpaired) electrons. The van der Waals surface area contributed by atoms with Gasteiger partial charge < -0.3 is 10.1 Å². The number of aromatic nitrogens is 2. The number of hydrazine groups is 1. The number of aromatic amines is 1. The molecule has 9 nitrogen and oxygen atoms in total. The average molecular weight is 547 g/mol. The van der Waals surface area contributed by atoms with E-state index in [-0.39, 0.29) is 41.5 Å². The first-order valence-electron chi connectivity index (χ1n) is 13.6. The largest absolute Gasteiger partial charge is 0.508 e. The van der Waals surface area contributed by atoms with Crippen LogP contribution in [0.3, 0.4) is 0 Å². The summed E-state index contributed by atoms with van der Waals surface area (Å²) in [5.41, 5.74) is 10.5. The predicted molar refractivity (Wildman–Crippen MR) is 146 cm³/mol. The second-order valence-corrected chi connectivity index (χ2v) is 12.9. The molecular weight excluding hydrogens is 507 g/mol. The number of phenols is 1. The van der Waals surface area contributed by atoms with Crippen LogP contribution in [-0.2, 0) is 16.4 Å². The second kappa shape index (κ2) is 11.1. The molecule has 5 N–H and O–H groups in total. The highest BCUT2D eigenvalue weighted by atomic mass is 32.2. The summed E-state index contributed by atoms with van der Waals surface area (Å²) in [7, 11) is -1.82. The SMILES string of the molecule is CCc1cc(O)ccc1C1CCC2C(c3ncc(C4=CC[C@H](C)N(CCS(=O)(=O)NC)C4)[nH]3)NNC2C1F. The van der Waals surface area contributed by atoms with Crippen molar-refractivity contribution in [1.82, 2.24) is 30.4 Å². The number of imidazole rings is 1. The van der Waals surface area contributed by atoms with Gasteiger partial charge in [0, 0.05) is 31.0 Å². The first-order chi connectivity index (χ1) is 18.2. The predicted octanol–water partition coefficient (Wildman–Crippen LogP) is 2.75. The number of aromatic hydroxyl groups is 1. The second-order valence-electron chi connectivity index (χ2n) is 10.8. The molecule has 5 unspecified atom stereocenters. The Morgan fingerprint density at radius 3 is 2.84 bits per heavy atom. The van der Waals surface area contributed by atoms with Crippen molar-refractivity contribution in [3.8, 4) is 5.75 Å². The van der Waals surface area contributed by atoms with Crippen molar-refractivity contribution in [2.45, 2.75) is 69.7 Å². The van der Waals surface area contributed by atoms with E-state index in [0.29, 0.717) is 13.1 Å². The number of rotatable bonds is 8. The number of benzene rings is 1. The van der Waals surface area contributed by atoms with Crippen molar-refractivity contribution in [3.05, 3.63) is 53.1 Å². The number of hydrogen-bond acceptors (Lipinski definition) is 7. The molecule has 5 rings (SSSR count). The van der Waals surface area contributed by atoms with Gasteiger partial charge in [-0.2, -0.15) is 0 Å². The summed E-state index contributed by atoms with van der Waals surface area (Å²) < 4.78 is 42.1. The van der Waals surface area contributed by atoms with E-state index < -0.39 is 16.2 Å². The minimum atomic E-state index is -3.26. The van der Waals surface area contributed by atoms with Gasteiger partial charge in [-0.3, -0.25) is 10.3 Å². The molecule has 2 aliphatic heterocycles. The molecule has 11 heteroatoms. The van der Waals surface area contributed by atoms with Crippen LogP contribution < -0.4 is 15.6 Å². The number of hydrogen-bond donors (Lipinski definition) is 5. The lowest BCUT2D eigenvalue weighted by Gasteiger charge is -2.36. The van der Waals surface area contributed by atoms with E-state index in [1.165, 1.54) is 7.05 Å². The zero-order chi connectivity index (χ0) is 27.0. The Balaban J connectivity index is 1.27. The number of nitrogens with zero attached hydrogens (tertiary/aromatic N) is 2. The summed E-state index contributed by atoms with van der Waals surface area (Å²) in [5, 5.41) is 9.88. The van der Waals surface area contributed by atoms with Crippen LogP contribution in [0.5, 0.6) is 5.75 Å². The van der Waals surface area contributed by atoms with Gasteiger partial charge in [-0.05, 0) is 68.5 Å². The summed E-state index contributed by atoms with van der Waals surface area (Å²) in [4.78, 5) is 10.3. The molecule has 1 saturated carbocycles. The van der Waals surface area contributed by atoms with Crippen molar-refractivity contribution in [3.63, 3.8) is 0 Å². The number of fused-ring (bicyclic) bond motifs is 1. The van der Waals surface area contributed by atoms with Crippen LogP contribution in [0.4, 0.5) is 4.39 Å². The Morgan fingerprint density at radius 2 is 2.08 bits per heavy atom. The Hall–Kier alpha value is -2.31. The molecule has 1 aromatic heterocycles. The van der Waals surface area contributed by atoms with Gasteiger partial charge in [0.2, 0.25) is 10.0 Å². The molecule has 3 heterocycles. The van der Waals surface area contributed by atoms with Gasteiger partial charge in [-0.25, -0.2) is 27.9 Å². The van der Waals surface area contributed by atoms with E-state index in [2.05, 4.69) is 43.4 Å². The van der Waals surface area contributed by atoms with Gasteiger partial charge in [0.1, 0.15) is 17.7 Å². The average Bonchev–Trinajstić information content (AvgIpc) is 3.56. The maximum absolute atomic E-state index is 15.9. The number of aryl methyl sites for hydroxylation is 1. The third-order valence-corrected chi connectivity index (χ3v) is 9.98. The molecule has 3 aliphatic rings. The van der Waals surface area contributed by atoms with Crippen LogP contribution in [0.25, 0.3) is 5.57 Å². The Bertz CT molecular complexity index is 1280. The number of H-pyrrole nitrogens is 1. The van der Waals surface area contributed by atoms with Gasteiger partial charge >= 0.3 is 0 Å². The third kappa shape index (κ3) is 5.40. The quantitative estimate of drug-likeness (QED) is 0.345. The topological polar surface area (TPSA) is 122 Å². The molecule has 208 valence electrons. The standard InChI is InChI=1S/C27H39FN6O3S/c1-4-17-13-19(35)7-8-20(17)21-9-10-22-25(24(21)28)32-33-26(22)27-30-14-23(31-27)18-6-5-16(2)34(15-18)11-12-38(36,37)29-3/h6-8,13-14,16,21-22,24-26,29,32-33,35H,4-5,9-12,15H2,1-3H3,(H,30,31)/t16-,21?,22?,24?,25?,26?/m0/s1. The van der Waals surface area contributed by atoms with Crippen LogP contribution in [0, 0.1) is 5.92 Å². The number of alkyl halides is 1. The zero-order valence-corrected chi connectivity index (χ0v) is 23.1. The molecule has 2 aromatic rings. The number of halogens is 1. The van der Waals surface area contributed by atoms with Crippen molar-refractivity contribution < 1.29 is 17.9 Å². The molecule has 0 amide bonds. The van der Waals surface area contributed by atoms with Crippen LogP contribution in [-0.4, -0.2) is 72.5 Å². The van der Waals surface area contributed by atoms with E-state index in [1.54, 1.807) is 12.1 Å². The maximum atomic E-state index is 15.9. The van der Waals surface area contributed by atoms with Crippen LogP contribution in [0.15, 0.2) is 30.5 Å². The lowest BCUT2D eigenvalue weighted by molar-refractivity contribution is 0.135. The van der Waals surface area contributed by atoms with Gasteiger partial charge in [-0.1, -0.05) is 19.1 Å². The highest BCUT2D eigenvalue weighted by molar-refractivity contribution is 7.89. The van der Waals surface area contributed by atoms with Crippen LogP contribution in [0.1, 0.15) is 67.7 Å². The van der Waals surface area contributed by atoms with Gasteiger partial charge in [0.25, 0.3) is 0 Å². The molecule has 2 fully saturated rings. The Labute approximate surface area is 224 Å². The summed E-state index contributed by atoms with van der Waals surface area (Å²) in [6, 6.07) is 5.09. The normalized spacial score (nSPS) is 30.3. The van der Waals surface area contributed by atoms with E-state index in [1.807, 2.05) is 19.2 Å². The van der Waals surface area contributed by atoms with E-state index in [0.717, 1.165) is 53.9 Å². The lowest BCUT2D eigenvalue weighted by Crippen LogP contribution is -2.45. The highest BCUT2D eigenvalue weighted by Crippen LogP contribution is 2.45. The van der Waals surface area contributed by atoms with Gasteiger partial charge in [-0.15, -0.1) is 0 Å². The van der Waals surface area contributed by atoms with Gasteiger partial charge in [0.05, 0.1) is 29.7 Å². The minimum absolute atomic E-state index is 0.0609. The summed E-state index contributed by atoms with van der Waals surface area (Å²) in [5.74, 6) is 0.918. The molecule has 1 aromatic carbocycles. The molecule has 1 aliphatic carbocycles. The van der Waals surface area contributed by atoms with Gasteiger partial charge in [0.15, 0.2) is 0 Å². The maximum Gasteiger partial charge on any atom is 0.212 e.